The maximum atomic E-state index is 12.3. The van der Waals surface area contributed by atoms with Gasteiger partial charge in [-0.05, 0) is 5.56 Å². The van der Waals surface area contributed by atoms with Crippen molar-refractivity contribution in [3.05, 3.63) is 70.7 Å². The van der Waals surface area contributed by atoms with E-state index in [2.05, 4.69) is 25.6 Å². The molecule has 1 unspecified atom stereocenters. The Kier molecular flexibility index (Phi) is 5.12. The minimum Gasteiger partial charge on any atom is -0.324 e. The van der Waals surface area contributed by atoms with Gasteiger partial charge in [0.1, 0.15) is 16.9 Å². The van der Waals surface area contributed by atoms with Crippen LogP contribution in [-0.4, -0.2) is 21.0 Å². The Balaban J connectivity index is 1.73. The second-order valence-electron chi connectivity index (χ2n) is 5.05. The summed E-state index contributed by atoms with van der Waals surface area (Å²) in [7, 11) is 0. The summed E-state index contributed by atoms with van der Waals surface area (Å²) >= 11 is 1.50. The fraction of sp³-hybridized carbons (Fsp3) is 0.176. The number of carbonyl (C=O) groups excluding carboxylic acids is 1. The van der Waals surface area contributed by atoms with Crippen molar-refractivity contribution in [1.29, 1.82) is 0 Å². The van der Waals surface area contributed by atoms with E-state index in [1.807, 2.05) is 42.6 Å². The quantitative estimate of drug-likeness (QED) is 0.746. The standard InChI is InChI=1S/C17H17N5OS/c1-2-14-19-10-13(11-20-14)21-17(23)22-15(16-18-8-9-24-16)12-6-4-3-5-7-12/h3-11,15H,2H2,1H3,(H2,21,22,23). The van der Waals surface area contributed by atoms with Crippen LogP contribution in [0.1, 0.15) is 29.4 Å². The van der Waals surface area contributed by atoms with Crippen molar-refractivity contribution in [2.75, 3.05) is 5.32 Å². The summed E-state index contributed by atoms with van der Waals surface area (Å²) < 4.78 is 0. The van der Waals surface area contributed by atoms with Crippen molar-refractivity contribution in [1.82, 2.24) is 20.3 Å². The molecule has 0 saturated heterocycles. The number of benzene rings is 1. The molecule has 1 atom stereocenters. The maximum Gasteiger partial charge on any atom is 0.320 e. The number of hydrogen-bond acceptors (Lipinski definition) is 5. The van der Waals surface area contributed by atoms with Crippen molar-refractivity contribution in [3.8, 4) is 0 Å². The summed E-state index contributed by atoms with van der Waals surface area (Å²) in [6, 6.07) is 9.11. The molecule has 2 N–H and O–H groups in total. The number of nitrogens with zero attached hydrogens (tertiary/aromatic N) is 3. The van der Waals surface area contributed by atoms with Crippen LogP contribution in [0.4, 0.5) is 10.5 Å². The normalized spacial score (nSPS) is 11.7. The molecule has 0 aliphatic rings. The molecule has 3 aromatic rings. The Hall–Kier alpha value is -2.80. The zero-order chi connectivity index (χ0) is 16.8. The molecular weight excluding hydrogens is 322 g/mol. The zero-order valence-corrected chi connectivity index (χ0v) is 14.0. The predicted molar refractivity (Wildman–Crippen MR) is 94.0 cm³/mol. The molecule has 2 amide bonds. The van der Waals surface area contributed by atoms with E-state index in [1.165, 1.54) is 11.3 Å². The van der Waals surface area contributed by atoms with Gasteiger partial charge in [-0.25, -0.2) is 19.7 Å². The maximum absolute atomic E-state index is 12.3. The SMILES string of the molecule is CCc1ncc(NC(=O)NC(c2ccccc2)c2nccs2)cn1. The van der Waals surface area contributed by atoms with Crippen LogP contribution in [0, 0.1) is 0 Å². The molecular formula is C17H17N5OS. The lowest BCUT2D eigenvalue weighted by Gasteiger charge is -2.17. The molecule has 0 fully saturated rings. The number of rotatable bonds is 5. The molecule has 0 spiro atoms. The average molecular weight is 339 g/mol. The van der Waals surface area contributed by atoms with Crippen molar-refractivity contribution >= 4 is 23.1 Å². The highest BCUT2D eigenvalue weighted by Crippen LogP contribution is 2.23. The Morgan fingerprint density at radius 3 is 2.54 bits per heavy atom. The van der Waals surface area contributed by atoms with Crippen LogP contribution in [0.2, 0.25) is 0 Å². The van der Waals surface area contributed by atoms with Crippen molar-refractivity contribution in [3.63, 3.8) is 0 Å². The summed E-state index contributed by atoms with van der Waals surface area (Å²) in [5.41, 5.74) is 1.52. The number of aryl methyl sites for hydroxylation is 1. The van der Waals surface area contributed by atoms with Gasteiger partial charge >= 0.3 is 6.03 Å². The first kappa shape index (κ1) is 16.1. The number of anilines is 1. The molecule has 7 heteroatoms. The molecule has 6 nitrogen and oxygen atoms in total. The second-order valence-corrected chi connectivity index (χ2v) is 5.98. The van der Waals surface area contributed by atoms with Gasteiger partial charge in [0, 0.05) is 18.0 Å². The lowest BCUT2D eigenvalue weighted by atomic mass is 10.1. The van der Waals surface area contributed by atoms with Crippen LogP contribution in [0.15, 0.2) is 54.3 Å². The van der Waals surface area contributed by atoms with Crippen LogP contribution in [-0.2, 0) is 6.42 Å². The van der Waals surface area contributed by atoms with Crippen LogP contribution in [0.5, 0.6) is 0 Å². The molecule has 0 saturated carbocycles. The fourth-order valence-corrected chi connectivity index (χ4v) is 2.92. The van der Waals surface area contributed by atoms with Crippen LogP contribution < -0.4 is 10.6 Å². The lowest BCUT2D eigenvalue weighted by Crippen LogP contribution is -2.33. The third-order valence-corrected chi connectivity index (χ3v) is 4.23. The van der Waals surface area contributed by atoms with Crippen LogP contribution in [0.25, 0.3) is 0 Å². The number of hydrogen-bond donors (Lipinski definition) is 2. The highest BCUT2D eigenvalue weighted by Gasteiger charge is 2.19. The van der Waals surface area contributed by atoms with E-state index in [4.69, 9.17) is 0 Å². The third kappa shape index (κ3) is 3.94. The molecule has 3 rings (SSSR count). The summed E-state index contributed by atoms with van der Waals surface area (Å²) in [5, 5.41) is 8.43. The van der Waals surface area contributed by atoms with E-state index in [0.717, 1.165) is 22.8 Å². The van der Waals surface area contributed by atoms with Gasteiger partial charge in [-0.3, -0.25) is 0 Å². The minimum atomic E-state index is -0.327. The summed E-state index contributed by atoms with van der Waals surface area (Å²) in [5.74, 6) is 0.742. The van der Waals surface area contributed by atoms with Gasteiger partial charge in [-0.15, -0.1) is 11.3 Å². The molecule has 0 aliphatic heterocycles. The Labute approximate surface area is 144 Å². The molecule has 24 heavy (non-hydrogen) atoms. The zero-order valence-electron chi connectivity index (χ0n) is 13.1. The molecule has 2 aromatic heterocycles. The number of carbonyl (C=O) groups is 1. The van der Waals surface area contributed by atoms with E-state index >= 15 is 0 Å². The summed E-state index contributed by atoms with van der Waals surface area (Å²) in [6.45, 7) is 1.98. The number of amides is 2. The first-order valence-electron chi connectivity index (χ1n) is 7.59. The first-order valence-corrected chi connectivity index (χ1v) is 8.47. The second kappa shape index (κ2) is 7.65. The van der Waals surface area contributed by atoms with Gasteiger partial charge < -0.3 is 10.6 Å². The molecule has 0 bridgehead atoms. The van der Waals surface area contributed by atoms with Gasteiger partial charge in [0.2, 0.25) is 0 Å². The van der Waals surface area contributed by atoms with E-state index in [9.17, 15) is 4.79 Å². The lowest BCUT2D eigenvalue weighted by molar-refractivity contribution is 0.250. The Morgan fingerprint density at radius 1 is 1.17 bits per heavy atom. The van der Waals surface area contributed by atoms with Gasteiger partial charge in [-0.1, -0.05) is 37.3 Å². The monoisotopic (exact) mass is 339 g/mol. The van der Waals surface area contributed by atoms with Crippen molar-refractivity contribution in [2.24, 2.45) is 0 Å². The van der Waals surface area contributed by atoms with E-state index < -0.39 is 0 Å². The molecule has 122 valence electrons. The molecule has 0 aliphatic carbocycles. The molecule has 0 radical (unpaired) electrons. The summed E-state index contributed by atoms with van der Waals surface area (Å²) in [6.07, 6.45) is 5.69. The predicted octanol–water partition coefficient (Wildman–Crippen LogP) is 3.41. The number of aromatic nitrogens is 3. The largest absolute Gasteiger partial charge is 0.324 e. The van der Waals surface area contributed by atoms with Crippen molar-refractivity contribution in [2.45, 2.75) is 19.4 Å². The van der Waals surface area contributed by atoms with Crippen LogP contribution in [0.3, 0.4) is 0 Å². The number of nitrogens with one attached hydrogen (secondary N) is 2. The van der Waals surface area contributed by atoms with Crippen LogP contribution >= 0.6 is 11.3 Å². The Morgan fingerprint density at radius 2 is 1.92 bits per heavy atom. The smallest absolute Gasteiger partial charge is 0.320 e. The van der Waals surface area contributed by atoms with Gasteiger partial charge in [0.05, 0.1) is 18.1 Å². The average Bonchev–Trinajstić information content (AvgIpc) is 3.15. The highest BCUT2D eigenvalue weighted by molar-refractivity contribution is 7.09. The topological polar surface area (TPSA) is 79.8 Å². The highest BCUT2D eigenvalue weighted by atomic mass is 32.1. The first-order chi connectivity index (χ1) is 11.8. The van der Waals surface area contributed by atoms with Gasteiger partial charge in [-0.2, -0.15) is 0 Å². The van der Waals surface area contributed by atoms with E-state index in [0.29, 0.717) is 5.69 Å². The third-order valence-electron chi connectivity index (χ3n) is 3.39. The van der Waals surface area contributed by atoms with E-state index in [1.54, 1.807) is 18.6 Å². The molecule has 1 aromatic carbocycles. The summed E-state index contributed by atoms with van der Waals surface area (Å²) in [4.78, 5) is 25.0. The Bertz CT molecular complexity index is 775. The van der Waals surface area contributed by atoms with Gasteiger partial charge in [0.25, 0.3) is 0 Å². The minimum absolute atomic E-state index is 0.304. The van der Waals surface area contributed by atoms with E-state index in [-0.39, 0.29) is 12.1 Å². The fourth-order valence-electron chi connectivity index (χ4n) is 2.21. The molecule has 2 heterocycles. The van der Waals surface area contributed by atoms with Crippen molar-refractivity contribution < 1.29 is 4.79 Å². The van der Waals surface area contributed by atoms with Gasteiger partial charge in [0.15, 0.2) is 0 Å². The number of urea groups is 1. The number of thiazole rings is 1.